The molecule has 2 rings (SSSR count). The van der Waals surface area contributed by atoms with E-state index in [-0.39, 0.29) is 5.60 Å². The molecule has 1 aliphatic rings. The van der Waals surface area contributed by atoms with Crippen LogP contribution < -0.4 is 0 Å². The van der Waals surface area contributed by atoms with Crippen LogP contribution >= 0.6 is 23.2 Å². The lowest BCUT2D eigenvalue weighted by Crippen LogP contribution is -2.47. The van der Waals surface area contributed by atoms with Gasteiger partial charge < -0.3 is 4.74 Å². The second-order valence-electron chi connectivity index (χ2n) is 4.92. The number of rotatable bonds is 2. The second kappa shape index (κ2) is 5.11. The Labute approximate surface area is 112 Å². The Kier molecular flexibility index (Phi) is 3.93. The normalized spacial score (nSPS) is 20.5. The minimum absolute atomic E-state index is 0.0927. The molecule has 5 heteroatoms. The Morgan fingerprint density at radius 2 is 2.24 bits per heavy atom. The Hall–Kier alpha value is -0.350. The Balaban J connectivity index is 2.05. The number of hydrogen-bond donors (Lipinski definition) is 0. The lowest BCUT2D eigenvalue weighted by atomic mass is 10.1. The van der Waals surface area contributed by atoms with E-state index in [1.54, 1.807) is 12.3 Å². The summed E-state index contributed by atoms with van der Waals surface area (Å²) in [5, 5.41) is 1.11. The van der Waals surface area contributed by atoms with E-state index in [1.165, 1.54) is 0 Å². The van der Waals surface area contributed by atoms with Gasteiger partial charge in [0, 0.05) is 36.4 Å². The highest BCUT2D eigenvalue weighted by Gasteiger charge is 2.27. The van der Waals surface area contributed by atoms with Gasteiger partial charge in [-0.05, 0) is 19.9 Å². The predicted molar refractivity (Wildman–Crippen MR) is 69.6 cm³/mol. The summed E-state index contributed by atoms with van der Waals surface area (Å²) in [7, 11) is 0. The van der Waals surface area contributed by atoms with Crippen LogP contribution in [0.15, 0.2) is 12.3 Å². The maximum Gasteiger partial charge on any atom is 0.130 e. The van der Waals surface area contributed by atoms with Crippen LogP contribution in [0.2, 0.25) is 10.2 Å². The van der Waals surface area contributed by atoms with Gasteiger partial charge in [0.2, 0.25) is 0 Å². The van der Waals surface area contributed by atoms with Crippen molar-refractivity contribution in [3.63, 3.8) is 0 Å². The molecule has 0 radical (unpaired) electrons. The molecule has 0 aliphatic carbocycles. The van der Waals surface area contributed by atoms with Gasteiger partial charge in [0.25, 0.3) is 0 Å². The summed E-state index contributed by atoms with van der Waals surface area (Å²) in [6.07, 6.45) is 1.74. The third-order valence-corrected chi connectivity index (χ3v) is 3.35. The molecule has 2 heterocycles. The van der Waals surface area contributed by atoms with E-state index in [2.05, 4.69) is 23.7 Å². The van der Waals surface area contributed by atoms with Crippen molar-refractivity contribution in [3.8, 4) is 0 Å². The molecule has 0 unspecified atom stereocenters. The molecule has 0 amide bonds. The van der Waals surface area contributed by atoms with Gasteiger partial charge in [-0.2, -0.15) is 0 Å². The Morgan fingerprint density at radius 1 is 1.47 bits per heavy atom. The summed E-state index contributed by atoms with van der Waals surface area (Å²) >= 11 is 11.9. The third kappa shape index (κ3) is 3.55. The maximum atomic E-state index is 6.14. The summed E-state index contributed by atoms with van der Waals surface area (Å²) in [6.45, 7) is 7.55. The minimum Gasteiger partial charge on any atom is -0.373 e. The van der Waals surface area contributed by atoms with Crippen LogP contribution in [0.3, 0.4) is 0 Å². The average Bonchev–Trinajstić information content (AvgIpc) is 2.21. The number of hydrogen-bond acceptors (Lipinski definition) is 3. The highest BCUT2D eigenvalue weighted by molar-refractivity contribution is 6.34. The first-order valence-corrected chi connectivity index (χ1v) is 6.38. The maximum absolute atomic E-state index is 6.14. The Morgan fingerprint density at radius 3 is 2.88 bits per heavy atom. The fourth-order valence-electron chi connectivity index (χ4n) is 2.04. The molecule has 0 spiro atoms. The standard InChI is InChI=1S/C12H16Cl2N2O/c1-12(2)8-16(3-4-17-12)7-9-6-15-11(14)5-10(9)13/h5-6H,3-4,7-8H2,1-2H3. The molecule has 1 aliphatic heterocycles. The number of pyridine rings is 1. The van der Waals surface area contributed by atoms with E-state index >= 15 is 0 Å². The summed E-state index contributed by atoms with van der Waals surface area (Å²) in [4.78, 5) is 6.38. The van der Waals surface area contributed by atoms with Gasteiger partial charge in [-0.15, -0.1) is 0 Å². The van der Waals surface area contributed by atoms with E-state index < -0.39 is 0 Å². The zero-order chi connectivity index (χ0) is 12.5. The van der Waals surface area contributed by atoms with Gasteiger partial charge in [0.15, 0.2) is 0 Å². The second-order valence-corrected chi connectivity index (χ2v) is 5.71. The van der Waals surface area contributed by atoms with Crippen molar-refractivity contribution < 1.29 is 4.74 Å². The van der Waals surface area contributed by atoms with Crippen LogP contribution in [0.4, 0.5) is 0 Å². The number of nitrogens with zero attached hydrogens (tertiary/aromatic N) is 2. The van der Waals surface area contributed by atoms with Gasteiger partial charge in [0.1, 0.15) is 5.15 Å². The van der Waals surface area contributed by atoms with Crippen LogP contribution in [0.1, 0.15) is 19.4 Å². The van der Waals surface area contributed by atoms with Crippen molar-refractivity contribution in [2.24, 2.45) is 0 Å². The highest BCUT2D eigenvalue weighted by atomic mass is 35.5. The van der Waals surface area contributed by atoms with E-state index in [0.29, 0.717) is 10.2 Å². The molecule has 0 saturated carbocycles. The first kappa shape index (κ1) is 13.1. The van der Waals surface area contributed by atoms with Crippen LogP contribution in [0.25, 0.3) is 0 Å². The van der Waals surface area contributed by atoms with Crippen molar-refractivity contribution in [2.75, 3.05) is 19.7 Å². The van der Waals surface area contributed by atoms with Gasteiger partial charge >= 0.3 is 0 Å². The van der Waals surface area contributed by atoms with Gasteiger partial charge in [-0.1, -0.05) is 23.2 Å². The summed E-state index contributed by atoms with van der Waals surface area (Å²) in [6, 6.07) is 1.68. The molecule has 17 heavy (non-hydrogen) atoms. The van der Waals surface area contributed by atoms with Crippen molar-refractivity contribution >= 4 is 23.2 Å². The third-order valence-electron chi connectivity index (χ3n) is 2.79. The molecule has 0 bridgehead atoms. The fourth-order valence-corrected chi connectivity index (χ4v) is 2.47. The fraction of sp³-hybridized carbons (Fsp3) is 0.583. The molecule has 1 aromatic rings. The lowest BCUT2D eigenvalue weighted by Gasteiger charge is -2.38. The zero-order valence-corrected chi connectivity index (χ0v) is 11.6. The van der Waals surface area contributed by atoms with Crippen LogP contribution in [0, 0.1) is 0 Å². The Bertz CT molecular complexity index is 409. The number of halogens is 2. The molecule has 0 N–H and O–H groups in total. The van der Waals surface area contributed by atoms with Gasteiger partial charge in [-0.3, -0.25) is 4.90 Å². The van der Waals surface area contributed by atoms with Gasteiger partial charge in [-0.25, -0.2) is 4.98 Å². The van der Waals surface area contributed by atoms with Crippen molar-refractivity contribution in [1.82, 2.24) is 9.88 Å². The largest absolute Gasteiger partial charge is 0.373 e. The molecule has 1 saturated heterocycles. The van der Waals surface area contributed by atoms with E-state index in [1.807, 2.05) is 0 Å². The molecule has 94 valence electrons. The number of ether oxygens (including phenoxy) is 1. The number of morpholine rings is 1. The van der Waals surface area contributed by atoms with Crippen molar-refractivity contribution in [1.29, 1.82) is 0 Å². The van der Waals surface area contributed by atoms with Crippen LogP contribution in [-0.2, 0) is 11.3 Å². The van der Waals surface area contributed by atoms with E-state index in [0.717, 1.165) is 31.8 Å². The molecule has 0 aromatic carbocycles. The van der Waals surface area contributed by atoms with Crippen LogP contribution in [0.5, 0.6) is 0 Å². The summed E-state index contributed by atoms with van der Waals surface area (Å²) in [5.41, 5.74) is 0.915. The molecule has 1 fully saturated rings. The summed E-state index contributed by atoms with van der Waals surface area (Å²) in [5.74, 6) is 0. The molecule has 1 aromatic heterocycles. The van der Waals surface area contributed by atoms with Crippen molar-refractivity contribution in [3.05, 3.63) is 28.0 Å². The highest BCUT2D eigenvalue weighted by Crippen LogP contribution is 2.23. The SMILES string of the molecule is CC1(C)CN(Cc2cnc(Cl)cc2Cl)CCO1. The number of aromatic nitrogens is 1. The molecule has 3 nitrogen and oxygen atoms in total. The first-order valence-electron chi connectivity index (χ1n) is 5.62. The molecular formula is C12H16Cl2N2O. The first-order chi connectivity index (χ1) is 7.96. The van der Waals surface area contributed by atoms with Gasteiger partial charge in [0.05, 0.1) is 12.2 Å². The molecular weight excluding hydrogens is 259 g/mol. The summed E-state index contributed by atoms with van der Waals surface area (Å²) < 4.78 is 5.67. The smallest absolute Gasteiger partial charge is 0.130 e. The minimum atomic E-state index is -0.0927. The topological polar surface area (TPSA) is 25.4 Å². The molecule has 0 atom stereocenters. The van der Waals surface area contributed by atoms with E-state index in [4.69, 9.17) is 27.9 Å². The quantitative estimate of drug-likeness (QED) is 0.776. The van der Waals surface area contributed by atoms with Crippen molar-refractivity contribution in [2.45, 2.75) is 26.0 Å². The lowest BCUT2D eigenvalue weighted by molar-refractivity contribution is -0.0882. The van der Waals surface area contributed by atoms with Crippen LogP contribution in [-0.4, -0.2) is 35.2 Å². The average molecular weight is 275 g/mol. The zero-order valence-electron chi connectivity index (χ0n) is 10.0. The van der Waals surface area contributed by atoms with E-state index in [9.17, 15) is 0 Å². The monoisotopic (exact) mass is 274 g/mol. The predicted octanol–water partition coefficient (Wildman–Crippen LogP) is 3.00.